The molecule has 0 amide bonds. The highest BCUT2D eigenvalue weighted by molar-refractivity contribution is 6.25. The first-order valence-corrected chi connectivity index (χ1v) is 8.16. The van der Waals surface area contributed by atoms with Gasteiger partial charge < -0.3 is 0 Å². The van der Waals surface area contributed by atoms with E-state index in [9.17, 15) is 0 Å². The first-order chi connectivity index (χ1) is 8.83. The van der Waals surface area contributed by atoms with Gasteiger partial charge in [-0.05, 0) is 82.0 Å². The predicted octanol–water partition coefficient (Wildman–Crippen LogP) is 5.93. The van der Waals surface area contributed by atoms with Crippen molar-refractivity contribution in [2.75, 3.05) is 0 Å². The first kappa shape index (κ1) is 14.2. The van der Waals surface area contributed by atoms with Crippen LogP contribution < -0.4 is 0 Å². The Morgan fingerprint density at radius 2 is 1.17 bits per heavy atom. The van der Waals surface area contributed by atoms with Crippen molar-refractivity contribution in [1.29, 1.82) is 0 Å². The molecule has 0 spiro atoms. The van der Waals surface area contributed by atoms with E-state index in [1.54, 1.807) is 5.54 Å². The third-order valence-corrected chi connectivity index (χ3v) is 5.25. The third-order valence-electron chi connectivity index (χ3n) is 5.11. The number of allylic oxidation sites excluding steroid dienone is 3. The minimum absolute atomic E-state index is 0.762. The molecule has 0 aromatic rings. The summed E-state index contributed by atoms with van der Waals surface area (Å²) < 4.78 is 0. The van der Waals surface area contributed by atoms with Crippen LogP contribution in [0.2, 0.25) is 0 Å². The van der Waals surface area contributed by atoms with Gasteiger partial charge in [-0.3, -0.25) is 0 Å². The molecule has 2 rings (SSSR count). The molecule has 0 aromatic carbocycles. The highest BCUT2D eigenvalue weighted by Gasteiger charge is 2.29. The molecule has 102 valence electrons. The molecule has 0 aliphatic heterocycles. The van der Waals surface area contributed by atoms with Gasteiger partial charge in [-0.2, -0.15) is 0 Å². The van der Waals surface area contributed by atoms with Gasteiger partial charge in [0.2, 0.25) is 0 Å². The Labute approximate surface area is 117 Å². The quantitative estimate of drug-likeness (QED) is 0.556. The highest BCUT2D eigenvalue weighted by Crippen LogP contribution is 2.41. The molecular formula is C17H27Cl. The molecule has 0 saturated heterocycles. The van der Waals surface area contributed by atoms with Gasteiger partial charge in [-0.25, -0.2) is 0 Å². The number of rotatable bonds is 3. The number of halogens is 1. The molecule has 0 radical (unpaired) electrons. The fraction of sp³-hybridized carbons (Fsp3) is 0.765. The van der Waals surface area contributed by atoms with E-state index >= 15 is 0 Å². The maximum absolute atomic E-state index is 5.68. The van der Waals surface area contributed by atoms with E-state index < -0.39 is 0 Å². The first-order valence-electron chi connectivity index (χ1n) is 7.73. The van der Waals surface area contributed by atoms with Crippen LogP contribution in [0.1, 0.15) is 58.3 Å². The molecule has 18 heavy (non-hydrogen) atoms. The SMILES string of the molecule is C/C=C/C1CCC(C2CCC(/C=C/Cl)CC2)CC1. The molecule has 2 aliphatic rings. The van der Waals surface area contributed by atoms with Crippen LogP contribution in [0, 0.1) is 23.7 Å². The zero-order chi connectivity index (χ0) is 12.8. The Kier molecular flexibility index (Phi) is 5.82. The third kappa shape index (κ3) is 3.88. The van der Waals surface area contributed by atoms with Crippen molar-refractivity contribution in [2.45, 2.75) is 58.3 Å². The maximum Gasteiger partial charge on any atom is 0.000525 e. The Balaban J connectivity index is 1.74. The minimum Gasteiger partial charge on any atom is -0.0933 e. The van der Waals surface area contributed by atoms with E-state index in [0.29, 0.717) is 0 Å². The summed E-state index contributed by atoms with van der Waals surface area (Å²) in [5.41, 5.74) is 1.72. The second-order valence-electron chi connectivity index (χ2n) is 6.19. The smallest absolute Gasteiger partial charge is 0.000525 e. The van der Waals surface area contributed by atoms with Gasteiger partial charge >= 0.3 is 0 Å². The molecule has 2 fully saturated rings. The van der Waals surface area contributed by atoms with E-state index in [4.69, 9.17) is 11.6 Å². The molecule has 0 bridgehead atoms. The predicted molar refractivity (Wildman–Crippen MR) is 80.7 cm³/mol. The van der Waals surface area contributed by atoms with Gasteiger partial charge in [0.05, 0.1) is 0 Å². The van der Waals surface area contributed by atoms with Crippen molar-refractivity contribution in [3.05, 3.63) is 23.8 Å². The Hall–Kier alpha value is -0.230. The molecule has 0 atom stereocenters. The maximum atomic E-state index is 5.68. The lowest BCUT2D eigenvalue weighted by Crippen LogP contribution is -2.25. The van der Waals surface area contributed by atoms with E-state index in [-0.39, 0.29) is 0 Å². The lowest BCUT2D eigenvalue weighted by Gasteiger charge is -2.36. The second-order valence-corrected chi connectivity index (χ2v) is 6.45. The van der Waals surface area contributed by atoms with E-state index in [2.05, 4.69) is 25.2 Å². The van der Waals surface area contributed by atoms with E-state index in [1.807, 2.05) is 0 Å². The van der Waals surface area contributed by atoms with Crippen LogP contribution in [0.15, 0.2) is 23.8 Å². The average Bonchev–Trinajstić information content (AvgIpc) is 2.41. The Morgan fingerprint density at radius 1 is 0.722 bits per heavy atom. The summed E-state index contributed by atoms with van der Waals surface area (Å²) in [6.07, 6.45) is 18.2. The lowest BCUT2D eigenvalue weighted by atomic mass is 9.69. The molecule has 1 heteroatoms. The highest BCUT2D eigenvalue weighted by atomic mass is 35.5. The van der Waals surface area contributed by atoms with Gasteiger partial charge in [0.25, 0.3) is 0 Å². The average molecular weight is 267 g/mol. The topological polar surface area (TPSA) is 0 Å². The van der Waals surface area contributed by atoms with Crippen LogP contribution in [0.3, 0.4) is 0 Å². The van der Waals surface area contributed by atoms with Gasteiger partial charge in [-0.1, -0.05) is 29.8 Å². The van der Waals surface area contributed by atoms with Crippen LogP contribution in [-0.4, -0.2) is 0 Å². The van der Waals surface area contributed by atoms with Gasteiger partial charge in [-0.15, -0.1) is 0 Å². The summed E-state index contributed by atoms with van der Waals surface area (Å²) >= 11 is 5.68. The van der Waals surface area contributed by atoms with Crippen molar-refractivity contribution < 1.29 is 0 Å². The van der Waals surface area contributed by atoms with Crippen molar-refractivity contribution in [3.63, 3.8) is 0 Å². The molecular weight excluding hydrogens is 240 g/mol. The van der Waals surface area contributed by atoms with Crippen LogP contribution in [0.4, 0.5) is 0 Å². The molecule has 0 aromatic heterocycles. The van der Waals surface area contributed by atoms with E-state index in [0.717, 1.165) is 23.7 Å². The summed E-state index contributed by atoms with van der Waals surface area (Å²) in [4.78, 5) is 0. The summed E-state index contributed by atoms with van der Waals surface area (Å²) in [6, 6.07) is 0. The van der Waals surface area contributed by atoms with Crippen LogP contribution in [0.5, 0.6) is 0 Å². The summed E-state index contributed by atoms with van der Waals surface area (Å²) in [5, 5.41) is 0. The molecule has 2 aliphatic carbocycles. The van der Waals surface area contributed by atoms with Gasteiger partial charge in [0.1, 0.15) is 0 Å². The van der Waals surface area contributed by atoms with Gasteiger partial charge in [0, 0.05) is 5.54 Å². The van der Waals surface area contributed by atoms with Gasteiger partial charge in [0.15, 0.2) is 0 Å². The van der Waals surface area contributed by atoms with E-state index in [1.165, 1.54) is 51.4 Å². The summed E-state index contributed by atoms with van der Waals surface area (Å²) in [6.45, 7) is 2.15. The fourth-order valence-corrected chi connectivity index (χ4v) is 4.20. The van der Waals surface area contributed by atoms with Crippen LogP contribution in [0.25, 0.3) is 0 Å². The minimum atomic E-state index is 0.762. The summed E-state index contributed by atoms with van der Waals surface area (Å²) in [5.74, 6) is 3.67. The standard InChI is InChI=1S/C17H27Cl/c1-2-3-14-4-8-16(9-5-14)17-10-6-15(7-11-17)12-13-18/h2-3,12-17H,4-11H2,1H3/b3-2+,13-12+. The molecule has 0 heterocycles. The Morgan fingerprint density at radius 3 is 1.56 bits per heavy atom. The molecule has 0 N–H and O–H groups in total. The van der Waals surface area contributed by atoms with Crippen LogP contribution in [-0.2, 0) is 0 Å². The van der Waals surface area contributed by atoms with Crippen molar-refractivity contribution >= 4 is 11.6 Å². The largest absolute Gasteiger partial charge is 0.0933 e. The van der Waals surface area contributed by atoms with Crippen LogP contribution >= 0.6 is 11.6 Å². The summed E-state index contributed by atoms with van der Waals surface area (Å²) in [7, 11) is 0. The molecule has 0 nitrogen and oxygen atoms in total. The monoisotopic (exact) mass is 266 g/mol. The molecule has 0 unspecified atom stereocenters. The number of hydrogen-bond donors (Lipinski definition) is 0. The fourth-order valence-electron chi connectivity index (χ4n) is 3.99. The number of hydrogen-bond acceptors (Lipinski definition) is 0. The molecule has 2 saturated carbocycles. The lowest BCUT2D eigenvalue weighted by molar-refractivity contribution is 0.166. The second kappa shape index (κ2) is 7.38. The zero-order valence-electron chi connectivity index (χ0n) is 11.7. The normalized spacial score (nSPS) is 38.6. The van der Waals surface area contributed by atoms with Crippen molar-refractivity contribution in [3.8, 4) is 0 Å². The van der Waals surface area contributed by atoms with Crippen molar-refractivity contribution in [1.82, 2.24) is 0 Å². The zero-order valence-corrected chi connectivity index (χ0v) is 12.4. The Bertz CT molecular complexity index is 246. The van der Waals surface area contributed by atoms with Crippen molar-refractivity contribution in [2.24, 2.45) is 23.7 Å².